The van der Waals surface area contributed by atoms with Gasteiger partial charge in [-0.1, -0.05) is 0 Å². The molecular weight excluding hydrogens is 350 g/mol. The van der Waals surface area contributed by atoms with Gasteiger partial charge in [-0.3, -0.25) is 4.79 Å². The summed E-state index contributed by atoms with van der Waals surface area (Å²) in [5, 5.41) is 10.8. The van der Waals surface area contributed by atoms with Crippen LogP contribution in [0.3, 0.4) is 0 Å². The molecule has 3 aromatic rings. The largest absolute Gasteiger partial charge is 0.421 e. The first kappa shape index (κ1) is 16.7. The average molecular weight is 369 g/mol. The maximum atomic E-state index is 12.8. The van der Waals surface area contributed by atoms with Crippen molar-refractivity contribution in [3.05, 3.63) is 47.3 Å². The lowest BCUT2D eigenvalue weighted by Crippen LogP contribution is -2.35. The molecule has 0 spiro atoms. The van der Waals surface area contributed by atoms with Crippen LogP contribution in [0.25, 0.3) is 11.5 Å². The van der Waals surface area contributed by atoms with Crippen LogP contribution in [-0.4, -0.2) is 52.2 Å². The van der Waals surface area contributed by atoms with E-state index in [1.165, 1.54) is 0 Å². The fraction of sp³-hybridized carbons (Fsp3) is 0.333. The zero-order valence-corrected chi connectivity index (χ0v) is 15.3. The van der Waals surface area contributed by atoms with Crippen molar-refractivity contribution in [1.29, 1.82) is 0 Å². The van der Waals surface area contributed by atoms with Gasteiger partial charge in [0.05, 0.1) is 0 Å². The van der Waals surface area contributed by atoms with Gasteiger partial charge in [0.15, 0.2) is 5.13 Å². The second kappa shape index (κ2) is 7.25. The molecular formula is C18H19N5O2S. The van der Waals surface area contributed by atoms with Crippen molar-refractivity contribution >= 4 is 22.4 Å². The number of hydrogen-bond donors (Lipinski definition) is 0. The molecule has 4 rings (SSSR count). The Kier molecular flexibility index (Phi) is 4.66. The van der Waals surface area contributed by atoms with E-state index in [9.17, 15) is 4.79 Å². The summed E-state index contributed by atoms with van der Waals surface area (Å²) >= 11 is 1.64. The minimum absolute atomic E-state index is 0.0549. The third kappa shape index (κ3) is 3.45. The van der Waals surface area contributed by atoms with Gasteiger partial charge in [-0.15, -0.1) is 21.5 Å². The van der Waals surface area contributed by atoms with E-state index in [0.29, 0.717) is 23.9 Å². The predicted molar refractivity (Wildman–Crippen MR) is 99.3 cm³/mol. The molecule has 0 bridgehead atoms. The SMILES string of the molecule is Cc1nnc(-c2ccc(C(=O)N3CCCN(c4nccs4)CC3)cc2)o1. The molecule has 0 unspecified atom stereocenters. The van der Waals surface area contributed by atoms with Crippen LogP contribution in [0.1, 0.15) is 22.7 Å². The maximum absolute atomic E-state index is 12.8. The van der Waals surface area contributed by atoms with Crippen LogP contribution in [0.2, 0.25) is 0 Å². The molecule has 1 saturated heterocycles. The van der Waals surface area contributed by atoms with Crippen LogP contribution in [0.4, 0.5) is 5.13 Å². The van der Waals surface area contributed by atoms with Crippen molar-refractivity contribution in [2.45, 2.75) is 13.3 Å². The molecule has 3 heterocycles. The van der Waals surface area contributed by atoms with Crippen molar-refractivity contribution in [3.8, 4) is 11.5 Å². The number of benzene rings is 1. The number of carbonyl (C=O) groups is 1. The first-order valence-corrected chi connectivity index (χ1v) is 9.43. The minimum atomic E-state index is 0.0549. The normalized spacial score (nSPS) is 15.1. The van der Waals surface area contributed by atoms with E-state index in [2.05, 4.69) is 20.1 Å². The molecule has 1 aromatic carbocycles. The Labute approximate surface area is 155 Å². The first-order chi connectivity index (χ1) is 12.7. The Balaban J connectivity index is 1.44. The van der Waals surface area contributed by atoms with Crippen LogP contribution in [0, 0.1) is 6.92 Å². The van der Waals surface area contributed by atoms with Crippen molar-refractivity contribution in [3.63, 3.8) is 0 Å². The average Bonchev–Trinajstić information content (AvgIpc) is 3.29. The number of carbonyl (C=O) groups excluding carboxylic acids is 1. The van der Waals surface area contributed by atoms with Gasteiger partial charge in [0.1, 0.15) is 0 Å². The molecule has 7 nitrogen and oxygen atoms in total. The number of anilines is 1. The molecule has 0 atom stereocenters. The molecule has 1 aliphatic rings. The highest BCUT2D eigenvalue weighted by Gasteiger charge is 2.21. The van der Waals surface area contributed by atoms with E-state index in [1.54, 1.807) is 18.3 Å². The molecule has 134 valence electrons. The van der Waals surface area contributed by atoms with Gasteiger partial charge in [0, 0.05) is 55.8 Å². The van der Waals surface area contributed by atoms with Crippen molar-refractivity contribution in [2.24, 2.45) is 0 Å². The second-order valence-electron chi connectivity index (χ2n) is 6.15. The Morgan fingerprint density at radius 2 is 1.96 bits per heavy atom. The lowest BCUT2D eigenvalue weighted by atomic mass is 10.1. The van der Waals surface area contributed by atoms with Crippen molar-refractivity contribution in [2.75, 3.05) is 31.1 Å². The Bertz CT molecular complexity index is 875. The lowest BCUT2D eigenvalue weighted by molar-refractivity contribution is 0.0767. The van der Waals surface area contributed by atoms with Gasteiger partial charge in [0.2, 0.25) is 11.8 Å². The summed E-state index contributed by atoms with van der Waals surface area (Å²) in [7, 11) is 0. The van der Waals surface area contributed by atoms with E-state index in [-0.39, 0.29) is 5.91 Å². The number of rotatable bonds is 3. The highest BCUT2D eigenvalue weighted by molar-refractivity contribution is 7.13. The minimum Gasteiger partial charge on any atom is -0.421 e. The predicted octanol–water partition coefficient (Wildman–Crippen LogP) is 2.85. The summed E-state index contributed by atoms with van der Waals surface area (Å²) in [6.07, 6.45) is 2.75. The van der Waals surface area contributed by atoms with E-state index < -0.39 is 0 Å². The summed E-state index contributed by atoms with van der Waals surface area (Å²) in [5.74, 6) is 1.05. The topological polar surface area (TPSA) is 75.4 Å². The van der Waals surface area contributed by atoms with Gasteiger partial charge in [-0.25, -0.2) is 4.98 Å². The standard InChI is InChI=1S/C18H19N5O2S/c1-13-20-21-16(25-13)14-3-5-15(6-4-14)17(24)22-8-2-9-23(11-10-22)18-19-7-12-26-18/h3-7,12H,2,8-11H2,1H3. The molecule has 0 saturated carbocycles. The summed E-state index contributed by atoms with van der Waals surface area (Å²) in [5.41, 5.74) is 1.49. The summed E-state index contributed by atoms with van der Waals surface area (Å²) in [4.78, 5) is 21.4. The number of hydrogen-bond acceptors (Lipinski definition) is 7. The molecule has 1 amide bonds. The van der Waals surface area contributed by atoms with Gasteiger partial charge in [-0.2, -0.15) is 0 Å². The van der Waals surface area contributed by atoms with Crippen LogP contribution >= 0.6 is 11.3 Å². The van der Waals surface area contributed by atoms with E-state index in [0.717, 1.165) is 36.8 Å². The van der Waals surface area contributed by atoms with Crippen molar-refractivity contribution < 1.29 is 9.21 Å². The van der Waals surface area contributed by atoms with Gasteiger partial charge in [0.25, 0.3) is 5.91 Å². The third-order valence-electron chi connectivity index (χ3n) is 4.38. The molecule has 0 N–H and O–H groups in total. The maximum Gasteiger partial charge on any atom is 0.253 e. The molecule has 1 fully saturated rings. The van der Waals surface area contributed by atoms with Crippen molar-refractivity contribution in [1.82, 2.24) is 20.1 Å². The van der Waals surface area contributed by atoms with Crippen LogP contribution in [-0.2, 0) is 0 Å². The monoisotopic (exact) mass is 369 g/mol. The number of thiazole rings is 1. The molecule has 26 heavy (non-hydrogen) atoms. The van der Waals surface area contributed by atoms with Crippen LogP contribution in [0.15, 0.2) is 40.3 Å². The highest BCUT2D eigenvalue weighted by Crippen LogP contribution is 2.21. The molecule has 0 aliphatic carbocycles. The zero-order chi connectivity index (χ0) is 17.9. The number of nitrogens with zero attached hydrogens (tertiary/aromatic N) is 5. The zero-order valence-electron chi connectivity index (χ0n) is 14.5. The summed E-state index contributed by atoms with van der Waals surface area (Å²) < 4.78 is 5.42. The molecule has 0 radical (unpaired) electrons. The first-order valence-electron chi connectivity index (χ1n) is 8.55. The molecule has 2 aromatic heterocycles. The molecule has 8 heteroatoms. The van der Waals surface area contributed by atoms with Crippen LogP contribution in [0.5, 0.6) is 0 Å². The summed E-state index contributed by atoms with van der Waals surface area (Å²) in [6, 6.07) is 7.33. The number of aromatic nitrogens is 3. The van der Waals surface area contributed by atoms with E-state index in [1.807, 2.05) is 40.7 Å². The number of amides is 1. The Morgan fingerprint density at radius 1 is 1.12 bits per heavy atom. The quantitative estimate of drug-likeness (QED) is 0.707. The van der Waals surface area contributed by atoms with Gasteiger partial charge in [-0.05, 0) is 30.7 Å². The van der Waals surface area contributed by atoms with Crippen LogP contribution < -0.4 is 4.90 Å². The summed E-state index contributed by atoms with van der Waals surface area (Å²) in [6.45, 7) is 4.93. The Hall–Kier alpha value is -2.74. The third-order valence-corrected chi connectivity index (χ3v) is 5.21. The second-order valence-corrected chi connectivity index (χ2v) is 7.02. The fourth-order valence-corrected chi connectivity index (χ4v) is 3.73. The smallest absolute Gasteiger partial charge is 0.253 e. The van der Waals surface area contributed by atoms with Gasteiger partial charge < -0.3 is 14.2 Å². The fourth-order valence-electron chi connectivity index (χ4n) is 3.04. The molecule has 1 aliphatic heterocycles. The van der Waals surface area contributed by atoms with E-state index in [4.69, 9.17) is 4.42 Å². The highest BCUT2D eigenvalue weighted by atomic mass is 32.1. The number of aryl methyl sites for hydroxylation is 1. The van der Waals surface area contributed by atoms with E-state index >= 15 is 0 Å². The Morgan fingerprint density at radius 3 is 2.65 bits per heavy atom. The lowest BCUT2D eigenvalue weighted by Gasteiger charge is -2.21. The van der Waals surface area contributed by atoms with Gasteiger partial charge >= 0.3 is 0 Å².